The van der Waals surface area contributed by atoms with Crippen LogP contribution in [0.3, 0.4) is 0 Å². The van der Waals surface area contributed by atoms with Crippen molar-refractivity contribution in [1.29, 1.82) is 0 Å². The molecule has 7 nitrogen and oxygen atoms in total. The molecule has 1 aliphatic carbocycles. The van der Waals surface area contributed by atoms with E-state index in [1.54, 1.807) is 6.07 Å². The summed E-state index contributed by atoms with van der Waals surface area (Å²) in [5.74, 6) is 0.639. The lowest BCUT2D eigenvalue weighted by molar-refractivity contribution is -0.149. The number of nitrogens with zero attached hydrogens (tertiary/aromatic N) is 1. The second kappa shape index (κ2) is 8.75. The van der Waals surface area contributed by atoms with Gasteiger partial charge in [-0.15, -0.1) is 0 Å². The van der Waals surface area contributed by atoms with E-state index in [2.05, 4.69) is 0 Å². The Morgan fingerprint density at radius 1 is 1.00 bits per heavy atom. The molecule has 3 aliphatic rings. The van der Waals surface area contributed by atoms with Crippen LogP contribution in [-0.4, -0.2) is 44.0 Å². The SMILES string of the molecule is O=C(OCc1ccccc1)[C@@H]1C[C@@H]2CCCC[C@H]2N1S(=O)(=O)c1ccc2c(c1)OCCO2. The molecule has 2 heterocycles. The van der Waals surface area contributed by atoms with Gasteiger partial charge in [0, 0.05) is 12.1 Å². The van der Waals surface area contributed by atoms with Gasteiger partial charge in [-0.05, 0) is 42.9 Å². The van der Waals surface area contributed by atoms with Crippen LogP contribution in [0.2, 0.25) is 0 Å². The van der Waals surface area contributed by atoms with E-state index in [0.717, 1.165) is 31.2 Å². The minimum Gasteiger partial charge on any atom is -0.486 e. The summed E-state index contributed by atoms with van der Waals surface area (Å²) in [7, 11) is -3.92. The molecule has 2 fully saturated rings. The number of esters is 1. The summed E-state index contributed by atoms with van der Waals surface area (Å²) in [6.45, 7) is 0.938. The zero-order chi connectivity index (χ0) is 22.1. The van der Waals surface area contributed by atoms with Gasteiger partial charge < -0.3 is 14.2 Å². The Labute approximate surface area is 188 Å². The van der Waals surface area contributed by atoms with Gasteiger partial charge in [-0.1, -0.05) is 43.2 Å². The molecule has 2 aromatic rings. The summed E-state index contributed by atoms with van der Waals surface area (Å²) in [4.78, 5) is 13.2. The third-order valence-electron chi connectivity index (χ3n) is 6.61. The number of ether oxygens (including phenoxy) is 3. The van der Waals surface area contributed by atoms with Crippen molar-refractivity contribution in [1.82, 2.24) is 4.31 Å². The molecule has 0 spiro atoms. The highest BCUT2D eigenvalue weighted by molar-refractivity contribution is 7.89. The zero-order valence-corrected chi connectivity index (χ0v) is 18.6. The number of hydrogen-bond donors (Lipinski definition) is 0. The van der Waals surface area contributed by atoms with Gasteiger partial charge >= 0.3 is 5.97 Å². The fourth-order valence-electron chi connectivity index (χ4n) is 5.10. The molecule has 0 aromatic heterocycles. The number of sulfonamides is 1. The first-order valence-electron chi connectivity index (χ1n) is 11.2. The van der Waals surface area contributed by atoms with Gasteiger partial charge in [-0.2, -0.15) is 4.31 Å². The van der Waals surface area contributed by atoms with Crippen molar-refractivity contribution in [2.45, 2.75) is 55.7 Å². The highest BCUT2D eigenvalue weighted by atomic mass is 32.2. The maximum atomic E-state index is 13.8. The Morgan fingerprint density at radius 2 is 1.75 bits per heavy atom. The average Bonchev–Trinajstić information content (AvgIpc) is 3.23. The molecule has 5 rings (SSSR count). The number of fused-ring (bicyclic) bond motifs is 2. The summed E-state index contributed by atoms with van der Waals surface area (Å²) in [5.41, 5.74) is 0.873. The summed E-state index contributed by atoms with van der Waals surface area (Å²) in [6, 6.07) is 13.1. The average molecular weight is 458 g/mol. The van der Waals surface area contributed by atoms with E-state index in [1.165, 1.54) is 16.4 Å². The molecule has 1 saturated carbocycles. The first-order valence-corrected chi connectivity index (χ1v) is 12.6. The molecule has 0 N–H and O–H groups in total. The van der Waals surface area contributed by atoms with Crippen LogP contribution < -0.4 is 9.47 Å². The minimum atomic E-state index is -3.92. The van der Waals surface area contributed by atoms with E-state index in [1.807, 2.05) is 30.3 Å². The van der Waals surface area contributed by atoms with Crippen LogP contribution in [0.4, 0.5) is 0 Å². The van der Waals surface area contributed by atoms with Crippen LogP contribution >= 0.6 is 0 Å². The second-order valence-corrected chi connectivity index (χ2v) is 10.4. The van der Waals surface area contributed by atoms with Crippen molar-refractivity contribution in [3.05, 3.63) is 54.1 Å². The molecular weight excluding hydrogens is 430 g/mol. The lowest BCUT2D eigenvalue weighted by atomic mass is 9.85. The van der Waals surface area contributed by atoms with Crippen molar-refractivity contribution < 1.29 is 27.4 Å². The fraction of sp³-hybridized carbons (Fsp3) is 0.458. The van der Waals surface area contributed by atoms with Crippen LogP contribution in [0.1, 0.15) is 37.7 Å². The maximum Gasteiger partial charge on any atom is 0.324 e. The molecule has 0 unspecified atom stereocenters. The van der Waals surface area contributed by atoms with Crippen LogP contribution in [0.15, 0.2) is 53.4 Å². The first kappa shape index (κ1) is 21.3. The van der Waals surface area contributed by atoms with E-state index < -0.39 is 22.0 Å². The number of carbonyl (C=O) groups is 1. The van der Waals surface area contributed by atoms with E-state index in [0.29, 0.717) is 31.1 Å². The Hall–Kier alpha value is -2.58. The molecule has 3 atom stereocenters. The Balaban J connectivity index is 1.43. The van der Waals surface area contributed by atoms with Crippen LogP contribution in [0.5, 0.6) is 11.5 Å². The smallest absolute Gasteiger partial charge is 0.324 e. The third-order valence-corrected chi connectivity index (χ3v) is 8.54. The summed E-state index contributed by atoms with van der Waals surface area (Å²) >= 11 is 0. The van der Waals surface area contributed by atoms with E-state index in [-0.39, 0.29) is 23.5 Å². The molecule has 0 bridgehead atoms. The highest BCUT2D eigenvalue weighted by Gasteiger charge is 2.51. The molecule has 32 heavy (non-hydrogen) atoms. The standard InChI is InChI=1S/C24H27NO6S/c26-24(31-16-17-6-2-1-3-7-17)21-14-18-8-4-5-9-20(18)25(21)32(27,28)19-10-11-22-23(15-19)30-13-12-29-22/h1-3,6-7,10-11,15,18,20-21H,4-5,8-9,12-14,16H2/t18-,20+,21-/m0/s1. The Morgan fingerprint density at radius 3 is 2.56 bits per heavy atom. The van der Waals surface area contributed by atoms with Gasteiger partial charge in [0.15, 0.2) is 11.5 Å². The lowest BCUT2D eigenvalue weighted by Crippen LogP contribution is -2.46. The number of rotatable bonds is 5. The number of carbonyl (C=O) groups excluding carboxylic acids is 1. The Bertz CT molecular complexity index is 1090. The summed E-state index contributed by atoms with van der Waals surface area (Å²) < 4.78 is 45.7. The third kappa shape index (κ3) is 3.97. The largest absolute Gasteiger partial charge is 0.486 e. The van der Waals surface area contributed by atoms with Crippen LogP contribution in [0.25, 0.3) is 0 Å². The first-order chi connectivity index (χ1) is 15.5. The Kier molecular flexibility index (Phi) is 5.82. The maximum absolute atomic E-state index is 13.8. The number of hydrogen-bond acceptors (Lipinski definition) is 6. The zero-order valence-electron chi connectivity index (χ0n) is 17.8. The van der Waals surface area contributed by atoms with Crippen molar-refractivity contribution in [2.75, 3.05) is 13.2 Å². The second-order valence-electron chi connectivity index (χ2n) is 8.60. The summed E-state index contributed by atoms with van der Waals surface area (Å²) in [5, 5.41) is 0. The van der Waals surface area contributed by atoms with Gasteiger partial charge in [0.05, 0.1) is 4.90 Å². The van der Waals surface area contributed by atoms with Crippen LogP contribution in [-0.2, 0) is 26.2 Å². The highest BCUT2D eigenvalue weighted by Crippen LogP contribution is 2.44. The van der Waals surface area contributed by atoms with E-state index in [4.69, 9.17) is 14.2 Å². The summed E-state index contributed by atoms with van der Waals surface area (Å²) in [6.07, 6.45) is 4.21. The molecule has 2 aliphatic heterocycles. The normalized spacial score (nSPS) is 25.2. The molecular formula is C24H27NO6S. The van der Waals surface area contributed by atoms with Gasteiger partial charge in [-0.25, -0.2) is 8.42 Å². The molecule has 0 amide bonds. The van der Waals surface area contributed by atoms with E-state index in [9.17, 15) is 13.2 Å². The molecule has 8 heteroatoms. The van der Waals surface area contributed by atoms with Crippen LogP contribution in [0, 0.1) is 5.92 Å². The lowest BCUT2D eigenvalue weighted by Gasteiger charge is -2.32. The molecule has 0 radical (unpaired) electrons. The molecule has 2 aromatic carbocycles. The van der Waals surface area contributed by atoms with E-state index >= 15 is 0 Å². The van der Waals surface area contributed by atoms with Crippen molar-refractivity contribution in [2.24, 2.45) is 5.92 Å². The predicted molar refractivity (Wildman–Crippen MR) is 117 cm³/mol. The van der Waals surface area contributed by atoms with Gasteiger partial charge in [0.2, 0.25) is 10.0 Å². The fourth-order valence-corrected chi connectivity index (χ4v) is 6.98. The molecule has 1 saturated heterocycles. The van der Waals surface area contributed by atoms with Gasteiger partial charge in [-0.3, -0.25) is 4.79 Å². The number of benzene rings is 2. The monoisotopic (exact) mass is 457 g/mol. The predicted octanol–water partition coefficient (Wildman–Crippen LogP) is 3.52. The van der Waals surface area contributed by atoms with Gasteiger partial charge in [0.25, 0.3) is 0 Å². The minimum absolute atomic E-state index is 0.119. The van der Waals surface area contributed by atoms with Crippen molar-refractivity contribution in [3.63, 3.8) is 0 Å². The molecule has 170 valence electrons. The van der Waals surface area contributed by atoms with Crippen molar-refractivity contribution >= 4 is 16.0 Å². The van der Waals surface area contributed by atoms with Crippen molar-refractivity contribution in [3.8, 4) is 11.5 Å². The quantitative estimate of drug-likeness (QED) is 0.639. The topological polar surface area (TPSA) is 82.1 Å². The van der Waals surface area contributed by atoms with Gasteiger partial charge in [0.1, 0.15) is 25.9 Å².